The lowest BCUT2D eigenvalue weighted by molar-refractivity contribution is 0.664. The zero-order valence-electron chi connectivity index (χ0n) is 6.99. The van der Waals surface area contributed by atoms with Gasteiger partial charge in [-0.1, -0.05) is 0 Å². The van der Waals surface area contributed by atoms with Crippen molar-refractivity contribution < 1.29 is 0 Å². The molecule has 0 fully saturated rings. The Bertz CT molecular complexity index is 443. The first-order valence-electron chi connectivity index (χ1n) is 3.51. The van der Waals surface area contributed by atoms with Crippen molar-refractivity contribution in [2.75, 3.05) is 0 Å². The van der Waals surface area contributed by atoms with Crippen LogP contribution in [0.25, 0.3) is 0 Å². The second kappa shape index (κ2) is 3.84. The zero-order chi connectivity index (χ0) is 9.97. The summed E-state index contributed by atoms with van der Waals surface area (Å²) in [5.74, 6) is 0. The lowest BCUT2D eigenvalue weighted by Gasteiger charge is -1.96. The summed E-state index contributed by atoms with van der Waals surface area (Å²) in [4.78, 5) is 3.94. The molecule has 7 nitrogen and oxygen atoms in total. The third-order valence-corrected chi connectivity index (χ3v) is 2.38. The highest BCUT2D eigenvalue weighted by Crippen LogP contribution is 2.21. The van der Waals surface area contributed by atoms with E-state index in [1.807, 2.05) is 0 Å². The van der Waals surface area contributed by atoms with E-state index in [2.05, 4.69) is 30.7 Å². The van der Waals surface area contributed by atoms with Gasteiger partial charge in [-0.05, 0) is 33.8 Å². The fraction of sp³-hybridized carbons (Fsp3) is 0.200. The van der Waals surface area contributed by atoms with Gasteiger partial charge in [-0.25, -0.2) is 9.67 Å². The minimum absolute atomic E-state index is 0.102. The van der Waals surface area contributed by atoms with Crippen molar-refractivity contribution >= 4 is 23.4 Å². The quantitative estimate of drug-likeness (QED) is 0.727. The van der Waals surface area contributed by atoms with E-state index in [1.165, 1.54) is 22.6 Å². The molecule has 0 aliphatic carbocycles. The third-order valence-electron chi connectivity index (χ3n) is 1.29. The van der Waals surface area contributed by atoms with Crippen LogP contribution in [0.2, 0.25) is 5.28 Å². The third kappa shape index (κ3) is 1.96. The molecule has 9 heteroatoms. The molecule has 2 rings (SSSR count). The van der Waals surface area contributed by atoms with Gasteiger partial charge in [0.15, 0.2) is 0 Å². The average molecular weight is 230 g/mol. The van der Waals surface area contributed by atoms with Crippen LogP contribution in [0.4, 0.5) is 0 Å². The zero-order valence-corrected chi connectivity index (χ0v) is 8.57. The van der Waals surface area contributed by atoms with E-state index < -0.39 is 0 Å². The van der Waals surface area contributed by atoms with Gasteiger partial charge in [0.1, 0.15) is 5.03 Å². The molecule has 0 bridgehead atoms. The van der Waals surface area contributed by atoms with E-state index in [4.69, 9.17) is 11.6 Å². The van der Waals surface area contributed by atoms with Crippen LogP contribution < -0.4 is 0 Å². The maximum atomic E-state index is 5.57. The first-order chi connectivity index (χ1) is 6.75. The summed E-state index contributed by atoms with van der Waals surface area (Å²) in [6.45, 7) is 0. The topological polar surface area (TPSA) is 82.3 Å². The van der Waals surface area contributed by atoms with Crippen LogP contribution in [-0.4, -0.2) is 35.4 Å². The first-order valence-corrected chi connectivity index (χ1v) is 4.70. The Morgan fingerprint density at radius 1 is 1.43 bits per heavy atom. The van der Waals surface area contributed by atoms with Gasteiger partial charge in [-0.2, -0.15) is 5.10 Å². The number of nitrogens with zero attached hydrogens (tertiary/aromatic N) is 7. The van der Waals surface area contributed by atoms with Gasteiger partial charge < -0.3 is 0 Å². The molecule has 14 heavy (non-hydrogen) atoms. The van der Waals surface area contributed by atoms with Crippen molar-refractivity contribution in [3.8, 4) is 0 Å². The maximum absolute atomic E-state index is 5.57. The van der Waals surface area contributed by atoms with Crippen LogP contribution in [0.5, 0.6) is 0 Å². The van der Waals surface area contributed by atoms with Crippen LogP contribution in [0.15, 0.2) is 16.4 Å². The highest BCUT2D eigenvalue weighted by molar-refractivity contribution is 7.99. The normalized spacial score (nSPS) is 10.4. The maximum Gasteiger partial charge on any atom is 0.244 e. The van der Waals surface area contributed by atoms with Gasteiger partial charge in [-0.15, -0.1) is 10.2 Å². The van der Waals surface area contributed by atoms with Gasteiger partial charge in [0.25, 0.3) is 0 Å². The van der Waals surface area contributed by atoms with Crippen LogP contribution >= 0.6 is 23.4 Å². The monoisotopic (exact) mass is 229 g/mol. The summed E-state index contributed by atoms with van der Waals surface area (Å²) in [6.07, 6.45) is 1.49. The minimum atomic E-state index is 0.102. The van der Waals surface area contributed by atoms with Crippen molar-refractivity contribution in [3.63, 3.8) is 0 Å². The average Bonchev–Trinajstić information content (AvgIpc) is 2.52. The molecule has 0 N–H and O–H groups in total. The van der Waals surface area contributed by atoms with E-state index in [-0.39, 0.29) is 5.28 Å². The van der Waals surface area contributed by atoms with Gasteiger partial charge in [-0.3, -0.25) is 0 Å². The van der Waals surface area contributed by atoms with Gasteiger partial charge in [0, 0.05) is 7.05 Å². The molecule has 2 aromatic rings. The second-order valence-corrected chi connectivity index (χ2v) is 3.58. The van der Waals surface area contributed by atoms with Crippen LogP contribution in [0.3, 0.4) is 0 Å². The highest BCUT2D eigenvalue weighted by atomic mass is 35.5. The van der Waals surface area contributed by atoms with Crippen molar-refractivity contribution in [3.05, 3.63) is 11.5 Å². The summed E-state index contributed by atoms with van der Waals surface area (Å²) in [5, 5.41) is 19.4. The Kier molecular flexibility index (Phi) is 2.55. The standard InChI is InChI=1S/C5H4ClN7S/c1-13-5(10-11-12-13)14-3-2-7-9-4(6)8-3/h2H,1H3. The van der Waals surface area contributed by atoms with Crippen LogP contribution in [0.1, 0.15) is 0 Å². The van der Waals surface area contributed by atoms with E-state index >= 15 is 0 Å². The van der Waals surface area contributed by atoms with Crippen molar-refractivity contribution in [1.29, 1.82) is 0 Å². The lowest BCUT2D eigenvalue weighted by Crippen LogP contribution is -1.94. The Labute approximate surface area is 87.9 Å². The van der Waals surface area contributed by atoms with Crippen molar-refractivity contribution in [1.82, 2.24) is 35.4 Å². The molecule has 72 valence electrons. The Morgan fingerprint density at radius 2 is 2.29 bits per heavy atom. The fourth-order valence-corrected chi connectivity index (χ4v) is 1.57. The van der Waals surface area contributed by atoms with E-state index in [0.29, 0.717) is 10.2 Å². The number of hydrogen-bond donors (Lipinski definition) is 0. The number of tetrazole rings is 1. The molecule has 0 atom stereocenters. The number of hydrogen-bond acceptors (Lipinski definition) is 7. The van der Waals surface area contributed by atoms with Gasteiger partial charge >= 0.3 is 0 Å². The van der Waals surface area contributed by atoms with Gasteiger partial charge in [0.05, 0.1) is 6.20 Å². The molecule has 0 saturated carbocycles. The SMILES string of the molecule is Cn1nnnc1Sc1cnnc(Cl)n1. The number of aryl methyl sites for hydroxylation is 1. The Morgan fingerprint density at radius 3 is 2.93 bits per heavy atom. The van der Waals surface area contributed by atoms with Crippen molar-refractivity contribution in [2.24, 2.45) is 7.05 Å². The van der Waals surface area contributed by atoms with E-state index in [9.17, 15) is 0 Å². The molecule has 0 aromatic carbocycles. The number of rotatable bonds is 2. The molecule has 2 heterocycles. The molecular weight excluding hydrogens is 226 g/mol. The Hall–Kier alpha value is -1.28. The van der Waals surface area contributed by atoms with E-state index in [1.54, 1.807) is 7.05 Å². The van der Waals surface area contributed by atoms with Crippen LogP contribution in [0, 0.1) is 0 Å². The molecule has 0 unspecified atom stereocenters. The summed E-state index contributed by atoms with van der Waals surface area (Å²) in [5.41, 5.74) is 0. The minimum Gasteiger partial charge on any atom is -0.223 e. The number of aromatic nitrogens is 7. The van der Waals surface area contributed by atoms with E-state index in [0.717, 1.165) is 0 Å². The number of halogens is 1. The molecule has 0 aliphatic heterocycles. The molecule has 2 aromatic heterocycles. The molecular formula is C5H4ClN7S. The Balaban J connectivity index is 2.23. The second-order valence-electron chi connectivity index (χ2n) is 2.25. The molecule has 0 radical (unpaired) electrons. The summed E-state index contributed by atoms with van der Waals surface area (Å²) < 4.78 is 1.53. The first kappa shape index (κ1) is 9.28. The smallest absolute Gasteiger partial charge is 0.223 e. The summed E-state index contributed by atoms with van der Waals surface area (Å²) >= 11 is 6.83. The molecule has 0 saturated heterocycles. The highest BCUT2D eigenvalue weighted by Gasteiger charge is 2.06. The van der Waals surface area contributed by atoms with Gasteiger partial charge in [0.2, 0.25) is 10.4 Å². The molecule has 0 spiro atoms. The predicted molar refractivity (Wildman–Crippen MR) is 47.8 cm³/mol. The molecule has 0 aliphatic rings. The fourth-order valence-electron chi connectivity index (χ4n) is 0.718. The van der Waals surface area contributed by atoms with Crippen LogP contribution in [-0.2, 0) is 7.05 Å². The largest absolute Gasteiger partial charge is 0.244 e. The summed E-state index contributed by atoms with van der Waals surface area (Å²) in [6, 6.07) is 0. The molecule has 0 amide bonds. The predicted octanol–water partition coefficient (Wildman–Crippen LogP) is 0.200. The van der Waals surface area contributed by atoms with Crippen molar-refractivity contribution in [2.45, 2.75) is 10.2 Å². The lowest BCUT2D eigenvalue weighted by atomic mass is 10.9. The summed E-state index contributed by atoms with van der Waals surface area (Å²) in [7, 11) is 1.73.